The third-order valence-corrected chi connectivity index (χ3v) is 3.41. The monoisotopic (exact) mass is 275 g/mol. The first-order valence-corrected chi connectivity index (χ1v) is 6.75. The lowest BCUT2D eigenvalue weighted by atomic mass is 10.2. The van der Waals surface area contributed by atoms with Gasteiger partial charge in [0, 0.05) is 16.0 Å². The molecule has 0 aliphatic carbocycles. The fourth-order valence-corrected chi connectivity index (χ4v) is 2.34. The van der Waals surface area contributed by atoms with Crippen molar-refractivity contribution in [3.8, 4) is 11.8 Å². The second-order valence-corrected chi connectivity index (χ2v) is 4.85. The average molecular weight is 275 g/mol. The minimum atomic E-state index is -0.239. The molecule has 0 bridgehead atoms. The molecule has 0 spiro atoms. The van der Waals surface area contributed by atoms with Crippen LogP contribution in [-0.2, 0) is 18.0 Å². The highest BCUT2D eigenvalue weighted by Gasteiger charge is 2.04. The Morgan fingerprint density at radius 3 is 2.84 bits per heavy atom. The van der Waals surface area contributed by atoms with Crippen LogP contribution < -0.4 is 5.73 Å². The smallest absolute Gasteiger partial charge is 0.128 e. The lowest BCUT2D eigenvalue weighted by molar-refractivity contribution is 0.107. The molecule has 1 heterocycles. The zero-order valence-corrected chi connectivity index (χ0v) is 11.2. The van der Waals surface area contributed by atoms with Crippen LogP contribution in [0.2, 0.25) is 0 Å². The summed E-state index contributed by atoms with van der Waals surface area (Å²) in [6.07, 6.45) is 0. The maximum Gasteiger partial charge on any atom is 0.128 e. The minimum absolute atomic E-state index is 0.239. The molecule has 1 aromatic carbocycles. The number of ether oxygens (including phenoxy) is 1. The van der Waals surface area contributed by atoms with Crippen LogP contribution in [0.15, 0.2) is 35.7 Å². The molecular formula is C15H14FNOS. The van der Waals surface area contributed by atoms with Crippen molar-refractivity contribution in [2.75, 3.05) is 6.54 Å². The van der Waals surface area contributed by atoms with Crippen molar-refractivity contribution in [3.05, 3.63) is 57.5 Å². The Balaban J connectivity index is 1.93. The standard InChI is InChI=1S/C15H14FNOS/c16-14-6-2-1-4-13(14)10-18-11-15-12(5-3-8-17)7-9-19-15/h1-2,4,6-7,9H,8,10-11,17H2. The van der Waals surface area contributed by atoms with E-state index in [1.807, 2.05) is 11.4 Å². The molecule has 0 aliphatic rings. The van der Waals surface area contributed by atoms with Gasteiger partial charge in [0.2, 0.25) is 0 Å². The van der Waals surface area contributed by atoms with Crippen LogP contribution in [0.1, 0.15) is 16.0 Å². The molecule has 19 heavy (non-hydrogen) atoms. The molecule has 0 atom stereocenters. The SMILES string of the molecule is NCC#Cc1ccsc1COCc1ccccc1F. The fourth-order valence-electron chi connectivity index (χ4n) is 1.58. The molecule has 0 saturated carbocycles. The van der Waals surface area contributed by atoms with Crippen molar-refractivity contribution in [1.82, 2.24) is 0 Å². The summed E-state index contributed by atoms with van der Waals surface area (Å²) in [5.41, 5.74) is 6.84. The molecule has 2 nitrogen and oxygen atoms in total. The molecule has 2 rings (SSSR count). The Morgan fingerprint density at radius 1 is 1.21 bits per heavy atom. The van der Waals surface area contributed by atoms with Gasteiger partial charge >= 0.3 is 0 Å². The van der Waals surface area contributed by atoms with E-state index in [0.717, 1.165) is 10.4 Å². The van der Waals surface area contributed by atoms with E-state index in [1.54, 1.807) is 29.5 Å². The van der Waals surface area contributed by atoms with E-state index in [1.165, 1.54) is 6.07 Å². The Morgan fingerprint density at radius 2 is 2.05 bits per heavy atom. The number of rotatable bonds is 4. The van der Waals surface area contributed by atoms with Crippen LogP contribution in [0.4, 0.5) is 4.39 Å². The molecular weight excluding hydrogens is 261 g/mol. The predicted molar refractivity (Wildman–Crippen MR) is 75.1 cm³/mol. The van der Waals surface area contributed by atoms with Crippen molar-refractivity contribution < 1.29 is 9.13 Å². The van der Waals surface area contributed by atoms with Crippen LogP contribution in [0.3, 0.4) is 0 Å². The first-order valence-electron chi connectivity index (χ1n) is 5.87. The minimum Gasteiger partial charge on any atom is -0.371 e. The van der Waals surface area contributed by atoms with Gasteiger partial charge in [-0.05, 0) is 17.5 Å². The Bertz CT molecular complexity index is 597. The molecule has 0 amide bonds. The van der Waals surface area contributed by atoms with Gasteiger partial charge in [0.05, 0.1) is 19.8 Å². The highest BCUT2D eigenvalue weighted by atomic mass is 32.1. The molecule has 0 saturated heterocycles. The van der Waals surface area contributed by atoms with Gasteiger partial charge in [0.25, 0.3) is 0 Å². The highest BCUT2D eigenvalue weighted by Crippen LogP contribution is 2.18. The Labute approximate surface area is 116 Å². The third kappa shape index (κ3) is 3.90. The molecule has 0 aliphatic heterocycles. The van der Waals surface area contributed by atoms with Crippen LogP contribution in [0, 0.1) is 17.7 Å². The Hall–Kier alpha value is -1.67. The highest BCUT2D eigenvalue weighted by molar-refractivity contribution is 7.10. The van der Waals surface area contributed by atoms with Crippen molar-refractivity contribution in [1.29, 1.82) is 0 Å². The lowest BCUT2D eigenvalue weighted by Crippen LogP contribution is -1.97. The van der Waals surface area contributed by atoms with Gasteiger partial charge in [-0.25, -0.2) is 4.39 Å². The number of nitrogens with two attached hydrogens (primary N) is 1. The number of benzene rings is 1. The van der Waals surface area contributed by atoms with Crippen molar-refractivity contribution >= 4 is 11.3 Å². The third-order valence-electron chi connectivity index (χ3n) is 2.52. The molecule has 1 aromatic heterocycles. The van der Waals surface area contributed by atoms with Crippen LogP contribution in [0.5, 0.6) is 0 Å². The van der Waals surface area contributed by atoms with E-state index >= 15 is 0 Å². The zero-order valence-electron chi connectivity index (χ0n) is 10.4. The summed E-state index contributed by atoms with van der Waals surface area (Å²) in [4.78, 5) is 1.04. The van der Waals surface area contributed by atoms with E-state index in [9.17, 15) is 4.39 Å². The molecule has 0 fully saturated rings. The summed E-state index contributed by atoms with van der Waals surface area (Å²) in [7, 11) is 0. The number of halogens is 1. The average Bonchev–Trinajstić information content (AvgIpc) is 2.86. The van der Waals surface area contributed by atoms with Crippen molar-refractivity contribution in [2.24, 2.45) is 5.73 Å². The molecule has 0 unspecified atom stereocenters. The summed E-state index contributed by atoms with van der Waals surface area (Å²) in [5, 5.41) is 1.96. The maximum absolute atomic E-state index is 13.4. The largest absolute Gasteiger partial charge is 0.371 e. The first kappa shape index (κ1) is 13.8. The van der Waals surface area contributed by atoms with E-state index in [0.29, 0.717) is 18.7 Å². The van der Waals surface area contributed by atoms with E-state index < -0.39 is 0 Å². The van der Waals surface area contributed by atoms with Gasteiger partial charge in [-0.2, -0.15) is 0 Å². The fraction of sp³-hybridized carbons (Fsp3) is 0.200. The first-order chi connectivity index (χ1) is 9.31. The summed E-state index contributed by atoms with van der Waals surface area (Å²) in [6.45, 7) is 1.03. The van der Waals surface area contributed by atoms with Crippen LogP contribution in [-0.4, -0.2) is 6.54 Å². The van der Waals surface area contributed by atoms with Gasteiger partial charge in [-0.1, -0.05) is 30.0 Å². The molecule has 4 heteroatoms. The summed E-state index contributed by atoms with van der Waals surface area (Å²) in [6, 6.07) is 8.56. The summed E-state index contributed by atoms with van der Waals surface area (Å²) >= 11 is 1.58. The van der Waals surface area contributed by atoms with E-state index in [-0.39, 0.29) is 12.4 Å². The lowest BCUT2D eigenvalue weighted by Gasteiger charge is -2.04. The van der Waals surface area contributed by atoms with E-state index in [2.05, 4.69) is 11.8 Å². The normalized spacial score (nSPS) is 10.0. The maximum atomic E-state index is 13.4. The second kappa shape index (κ2) is 7.05. The van der Waals surface area contributed by atoms with Crippen LogP contribution in [0.25, 0.3) is 0 Å². The van der Waals surface area contributed by atoms with Crippen molar-refractivity contribution in [3.63, 3.8) is 0 Å². The summed E-state index contributed by atoms with van der Waals surface area (Å²) < 4.78 is 18.9. The molecule has 2 aromatic rings. The quantitative estimate of drug-likeness (QED) is 0.871. The Kier molecular flexibility index (Phi) is 5.10. The van der Waals surface area contributed by atoms with Gasteiger partial charge < -0.3 is 10.5 Å². The second-order valence-electron chi connectivity index (χ2n) is 3.85. The topological polar surface area (TPSA) is 35.2 Å². The van der Waals surface area contributed by atoms with Gasteiger partial charge in [0.1, 0.15) is 5.82 Å². The van der Waals surface area contributed by atoms with E-state index in [4.69, 9.17) is 10.5 Å². The number of hydrogen-bond acceptors (Lipinski definition) is 3. The van der Waals surface area contributed by atoms with Gasteiger partial charge in [-0.15, -0.1) is 11.3 Å². The van der Waals surface area contributed by atoms with Gasteiger partial charge in [-0.3, -0.25) is 0 Å². The van der Waals surface area contributed by atoms with Crippen molar-refractivity contribution in [2.45, 2.75) is 13.2 Å². The molecule has 98 valence electrons. The molecule has 0 radical (unpaired) electrons. The zero-order chi connectivity index (χ0) is 13.5. The molecule has 2 N–H and O–H groups in total. The number of thiophene rings is 1. The summed E-state index contributed by atoms with van der Waals surface area (Å²) in [5.74, 6) is 5.57. The van der Waals surface area contributed by atoms with Crippen LogP contribution >= 0.6 is 11.3 Å². The predicted octanol–water partition coefficient (Wildman–Crippen LogP) is 2.91. The van der Waals surface area contributed by atoms with Gasteiger partial charge in [0.15, 0.2) is 0 Å². The number of hydrogen-bond donors (Lipinski definition) is 1.